The van der Waals surface area contributed by atoms with E-state index in [1.807, 2.05) is 36.4 Å². The van der Waals surface area contributed by atoms with Crippen molar-refractivity contribution in [2.24, 2.45) is 0 Å². The number of nitrogens with zero attached hydrogens (tertiary/aromatic N) is 4. The van der Waals surface area contributed by atoms with Crippen molar-refractivity contribution in [2.45, 2.75) is 19.3 Å². The summed E-state index contributed by atoms with van der Waals surface area (Å²) in [6.07, 6.45) is 0.938. The Morgan fingerprint density at radius 1 is 0.903 bits per heavy atom. The van der Waals surface area contributed by atoms with Gasteiger partial charge in [0.15, 0.2) is 0 Å². The molecular weight excluding hydrogens is 386 g/mol. The van der Waals surface area contributed by atoms with Gasteiger partial charge in [-0.2, -0.15) is 0 Å². The van der Waals surface area contributed by atoms with Crippen LogP contribution in [0, 0.1) is 0 Å². The topological polar surface area (TPSA) is 65.1 Å². The van der Waals surface area contributed by atoms with Gasteiger partial charge in [-0.15, -0.1) is 0 Å². The molecule has 6 heteroatoms. The zero-order valence-corrected chi connectivity index (χ0v) is 17.8. The molecule has 0 amide bonds. The first-order chi connectivity index (χ1) is 15.2. The maximum Gasteiger partial charge on any atom is 0.258 e. The van der Waals surface area contributed by atoms with Crippen molar-refractivity contribution < 1.29 is 0 Å². The molecule has 1 aliphatic rings. The highest BCUT2D eigenvalue weighted by molar-refractivity contribution is 5.80. The number of nitrogens with one attached hydrogen (secondary N) is 1. The molecule has 2 aromatic carbocycles. The van der Waals surface area contributed by atoms with Crippen molar-refractivity contribution in [3.8, 4) is 0 Å². The zero-order valence-electron chi connectivity index (χ0n) is 17.8. The monoisotopic (exact) mass is 413 g/mol. The van der Waals surface area contributed by atoms with Crippen LogP contribution in [0.4, 0.5) is 5.82 Å². The highest BCUT2D eigenvalue weighted by Crippen LogP contribution is 2.22. The average Bonchev–Trinajstić information content (AvgIpc) is 2.82. The number of fused-ring (bicyclic) bond motifs is 2. The van der Waals surface area contributed by atoms with Crippen molar-refractivity contribution in [1.29, 1.82) is 0 Å². The Labute approximate surface area is 181 Å². The Kier molecular flexibility index (Phi) is 5.38. The first-order valence-electron chi connectivity index (χ1n) is 11.0. The number of aromatic amines is 1. The van der Waals surface area contributed by atoms with Gasteiger partial charge in [0.25, 0.3) is 5.56 Å². The Morgan fingerprint density at radius 2 is 1.65 bits per heavy atom. The number of anilines is 1. The molecule has 0 radical (unpaired) electrons. The Hall–Kier alpha value is -3.25. The van der Waals surface area contributed by atoms with E-state index in [9.17, 15) is 4.79 Å². The summed E-state index contributed by atoms with van der Waals surface area (Å²) in [4.78, 5) is 30.0. The lowest BCUT2D eigenvalue weighted by Gasteiger charge is -2.36. The van der Waals surface area contributed by atoms with Crippen molar-refractivity contribution >= 4 is 27.6 Å². The summed E-state index contributed by atoms with van der Waals surface area (Å²) in [5.74, 6) is 2.05. The highest BCUT2D eigenvalue weighted by atomic mass is 16.1. The number of aromatic nitrogens is 3. The molecule has 1 aliphatic heterocycles. The number of hydrogen-bond donors (Lipinski definition) is 1. The lowest BCUT2D eigenvalue weighted by Crippen LogP contribution is -2.48. The average molecular weight is 414 g/mol. The summed E-state index contributed by atoms with van der Waals surface area (Å²) in [5, 5.41) is 1.82. The van der Waals surface area contributed by atoms with Gasteiger partial charge in [-0.3, -0.25) is 9.69 Å². The highest BCUT2D eigenvalue weighted by Gasteiger charge is 2.22. The third kappa shape index (κ3) is 4.03. The molecule has 1 N–H and O–H groups in total. The quantitative estimate of drug-likeness (QED) is 0.539. The van der Waals surface area contributed by atoms with E-state index in [0.717, 1.165) is 61.8 Å². The minimum Gasteiger partial charge on any atom is -0.354 e. The SMILES string of the molecule is CCC(CN1CCN(c2ccc3ccccc3n2)CC1)c1nc2ccccc2c(=O)[nH]1. The van der Waals surface area contributed by atoms with E-state index in [4.69, 9.17) is 9.97 Å². The second-order valence-electron chi connectivity index (χ2n) is 8.22. The number of piperazine rings is 1. The Morgan fingerprint density at radius 3 is 2.45 bits per heavy atom. The Bertz CT molecular complexity index is 1260. The van der Waals surface area contributed by atoms with E-state index in [0.29, 0.717) is 5.39 Å². The molecule has 0 aliphatic carbocycles. The van der Waals surface area contributed by atoms with Gasteiger partial charge in [0, 0.05) is 44.0 Å². The fourth-order valence-electron chi connectivity index (χ4n) is 4.41. The maximum absolute atomic E-state index is 12.5. The third-order valence-electron chi connectivity index (χ3n) is 6.27. The Balaban J connectivity index is 1.27. The number of para-hydroxylation sites is 2. The van der Waals surface area contributed by atoms with Gasteiger partial charge in [0.1, 0.15) is 11.6 Å². The molecule has 158 valence electrons. The molecular formula is C25H27N5O. The molecule has 31 heavy (non-hydrogen) atoms. The van der Waals surface area contributed by atoms with Crippen LogP contribution in [0.2, 0.25) is 0 Å². The molecule has 5 rings (SSSR count). The van der Waals surface area contributed by atoms with Crippen LogP contribution < -0.4 is 10.5 Å². The number of H-pyrrole nitrogens is 1. The van der Waals surface area contributed by atoms with Gasteiger partial charge < -0.3 is 9.88 Å². The van der Waals surface area contributed by atoms with Crippen LogP contribution >= 0.6 is 0 Å². The third-order valence-corrected chi connectivity index (χ3v) is 6.27. The minimum absolute atomic E-state index is 0.0498. The summed E-state index contributed by atoms with van der Waals surface area (Å²) >= 11 is 0. The predicted molar refractivity (Wildman–Crippen MR) is 126 cm³/mol. The van der Waals surface area contributed by atoms with Crippen molar-refractivity contribution in [3.63, 3.8) is 0 Å². The van der Waals surface area contributed by atoms with E-state index >= 15 is 0 Å². The van der Waals surface area contributed by atoms with E-state index in [-0.39, 0.29) is 11.5 Å². The van der Waals surface area contributed by atoms with Crippen LogP contribution in [0.1, 0.15) is 25.1 Å². The van der Waals surface area contributed by atoms with E-state index in [1.165, 1.54) is 5.39 Å². The number of pyridine rings is 1. The lowest BCUT2D eigenvalue weighted by atomic mass is 10.0. The smallest absolute Gasteiger partial charge is 0.258 e. The van der Waals surface area contributed by atoms with Crippen LogP contribution in [-0.4, -0.2) is 52.6 Å². The number of benzene rings is 2. The number of hydrogen-bond acceptors (Lipinski definition) is 5. The summed E-state index contributed by atoms with van der Waals surface area (Å²) in [6, 6.07) is 20.1. The van der Waals surface area contributed by atoms with Gasteiger partial charge in [0.2, 0.25) is 0 Å². The second-order valence-corrected chi connectivity index (χ2v) is 8.22. The van der Waals surface area contributed by atoms with Crippen LogP contribution in [-0.2, 0) is 0 Å². The zero-order chi connectivity index (χ0) is 21.2. The molecule has 2 aromatic heterocycles. The van der Waals surface area contributed by atoms with Crippen LogP contribution in [0.3, 0.4) is 0 Å². The van der Waals surface area contributed by atoms with Crippen molar-refractivity contribution in [2.75, 3.05) is 37.6 Å². The van der Waals surface area contributed by atoms with Gasteiger partial charge in [-0.25, -0.2) is 9.97 Å². The predicted octanol–water partition coefficient (Wildman–Crippen LogP) is 3.79. The fraction of sp³-hybridized carbons (Fsp3) is 0.320. The van der Waals surface area contributed by atoms with Gasteiger partial charge in [-0.1, -0.05) is 37.3 Å². The van der Waals surface area contributed by atoms with Crippen LogP contribution in [0.15, 0.2) is 65.5 Å². The van der Waals surface area contributed by atoms with Crippen LogP contribution in [0.5, 0.6) is 0 Å². The summed E-state index contributed by atoms with van der Waals surface area (Å²) < 4.78 is 0. The normalized spacial score (nSPS) is 16.1. The summed E-state index contributed by atoms with van der Waals surface area (Å²) in [7, 11) is 0. The lowest BCUT2D eigenvalue weighted by molar-refractivity contribution is 0.237. The van der Waals surface area contributed by atoms with E-state index in [1.54, 1.807) is 0 Å². The molecule has 1 unspecified atom stereocenters. The molecule has 1 fully saturated rings. The fourth-order valence-corrected chi connectivity index (χ4v) is 4.41. The molecule has 0 saturated carbocycles. The maximum atomic E-state index is 12.5. The molecule has 6 nitrogen and oxygen atoms in total. The molecule has 3 heterocycles. The van der Waals surface area contributed by atoms with Crippen molar-refractivity contribution in [1.82, 2.24) is 19.9 Å². The molecule has 1 saturated heterocycles. The van der Waals surface area contributed by atoms with Gasteiger partial charge in [0.05, 0.1) is 16.4 Å². The molecule has 4 aromatic rings. The van der Waals surface area contributed by atoms with E-state index < -0.39 is 0 Å². The first-order valence-corrected chi connectivity index (χ1v) is 11.0. The summed E-state index contributed by atoms with van der Waals surface area (Å²) in [6.45, 7) is 6.91. The van der Waals surface area contributed by atoms with Crippen molar-refractivity contribution in [3.05, 3.63) is 76.8 Å². The largest absolute Gasteiger partial charge is 0.354 e. The summed E-state index contributed by atoms with van der Waals surface area (Å²) in [5.41, 5.74) is 1.76. The van der Waals surface area contributed by atoms with Crippen LogP contribution in [0.25, 0.3) is 21.8 Å². The second kappa shape index (κ2) is 8.47. The van der Waals surface area contributed by atoms with Gasteiger partial charge >= 0.3 is 0 Å². The number of rotatable bonds is 5. The standard InChI is InChI=1S/C25H27N5O/c1-2-18(24-27-22-10-6-4-8-20(22)25(31)28-24)17-29-13-15-30(16-14-29)23-12-11-19-7-3-5-9-21(19)26-23/h3-12,18H,2,13-17H2,1H3,(H,27,28,31). The van der Waals surface area contributed by atoms with E-state index in [2.05, 4.69) is 46.0 Å². The van der Waals surface area contributed by atoms with Gasteiger partial charge in [-0.05, 0) is 36.8 Å². The molecule has 1 atom stereocenters. The first kappa shape index (κ1) is 19.7. The molecule has 0 spiro atoms. The molecule has 0 bridgehead atoms. The minimum atomic E-state index is -0.0498.